The predicted molar refractivity (Wildman–Crippen MR) is 79.2 cm³/mol. The van der Waals surface area contributed by atoms with Crippen LogP contribution in [0.5, 0.6) is 11.6 Å². The standard InChI is InChI=1S/C14H17N3OS/c1-4-15-14-16-9-10(2)13(17-14)18-11-5-7-12(19-3)8-6-11/h5-9H,4H2,1-3H3,(H,15,16,17). The molecule has 2 aromatic rings. The van der Waals surface area contributed by atoms with E-state index in [4.69, 9.17) is 4.74 Å². The lowest BCUT2D eigenvalue weighted by atomic mass is 10.3. The van der Waals surface area contributed by atoms with E-state index in [0.717, 1.165) is 17.9 Å². The summed E-state index contributed by atoms with van der Waals surface area (Å²) < 4.78 is 5.80. The Morgan fingerprint density at radius 3 is 2.63 bits per heavy atom. The second-order valence-corrected chi connectivity index (χ2v) is 4.87. The second kappa shape index (κ2) is 6.43. The van der Waals surface area contributed by atoms with Crippen LogP contribution in [0.2, 0.25) is 0 Å². The van der Waals surface area contributed by atoms with Crippen LogP contribution < -0.4 is 10.1 Å². The molecule has 0 fully saturated rings. The first-order valence-electron chi connectivity index (χ1n) is 6.12. The molecule has 0 saturated heterocycles. The Balaban J connectivity index is 2.18. The van der Waals surface area contributed by atoms with Gasteiger partial charge >= 0.3 is 0 Å². The fraction of sp³-hybridized carbons (Fsp3) is 0.286. The minimum absolute atomic E-state index is 0.586. The topological polar surface area (TPSA) is 47.0 Å². The summed E-state index contributed by atoms with van der Waals surface area (Å²) in [6.45, 7) is 4.72. The number of aryl methyl sites for hydroxylation is 1. The van der Waals surface area contributed by atoms with Gasteiger partial charge < -0.3 is 10.1 Å². The fourth-order valence-electron chi connectivity index (χ4n) is 1.53. The molecule has 0 bridgehead atoms. The third-order valence-electron chi connectivity index (χ3n) is 2.53. The zero-order valence-corrected chi connectivity index (χ0v) is 12.1. The largest absolute Gasteiger partial charge is 0.439 e. The maximum absolute atomic E-state index is 5.80. The van der Waals surface area contributed by atoms with E-state index in [1.54, 1.807) is 18.0 Å². The molecule has 0 aliphatic carbocycles. The highest BCUT2D eigenvalue weighted by molar-refractivity contribution is 7.98. The first kappa shape index (κ1) is 13.7. The van der Waals surface area contributed by atoms with Crippen LogP contribution in [0.1, 0.15) is 12.5 Å². The summed E-state index contributed by atoms with van der Waals surface area (Å²) in [5.41, 5.74) is 0.913. The Bertz CT molecular complexity index is 543. The van der Waals surface area contributed by atoms with Gasteiger partial charge in [-0.2, -0.15) is 4.98 Å². The maximum atomic E-state index is 5.80. The average Bonchev–Trinajstić information content (AvgIpc) is 2.44. The highest BCUT2D eigenvalue weighted by Crippen LogP contribution is 2.25. The average molecular weight is 275 g/mol. The van der Waals surface area contributed by atoms with Crippen LogP contribution in [0.4, 0.5) is 5.95 Å². The summed E-state index contributed by atoms with van der Waals surface area (Å²) >= 11 is 1.70. The lowest BCUT2D eigenvalue weighted by Gasteiger charge is -2.09. The fourth-order valence-corrected chi connectivity index (χ4v) is 1.94. The van der Waals surface area contributed by atoms with Crippen molar-refractivity contribution in [2.24, 2.45) is 0 Å². The number of hydrogen-bond donors (Lipinski definition) is 1. The van der Waals surface area contributed by atoms with E-state index in [2.05, 4.69) is 15.3 Å². The molecule has 1 N–H and O–H groups in total. The number of ether oxygens (including phenoxy) is 1. The predicted octanol–water partition coefficient (Wildman–Crippen LogP) is 3.73. The van der Waals surface area contributed by atoms with Gasteiger partial charge in [-0.3, -0.25) is 0 Å². The monoisotopic (exact) mass is 275 g/mol. The van der Waals surface area contributed by atoms with Crippen LogP contribution in [0, 0.1) is 6.92 Å². The van der Waals surface area contributed by atoms with Crippen LogP contribution >= 0.6 is 11.8 Å². The van der Waals surface area contributed by atoms with Gasteiger partial charge in [0.25, 0.3) is 0 Å². The molecule has 0 aliphatic heterocycles. The van der Waals surface area contributed by atoms with Crippen LogP contribution in [0.15, 0.2) is 35.4 Å². The van der Waals surface area contributed by atoms with Crippen molar-refractivity contribution in [2.45, 2.75) is 18.7 Å². The molecule has 1 aromatic heterocycles. The highest BCUT2D eigenvalue weighted by atomic mass is 32.2. The van der Waals surface area contributed by atoms with Gasteiger partial charge in [0.15, 0.2) is 0 Å². The molecule has 0 radical (unpaired) electrons. The molecule has 4 nitrogen and oxygen atoms in total. The van der Waals surface area contributed by atoms with Gasteiger partial charge in [0, 0.05) is 23.2 Å². The molecule has 0 saturated carbocycles. The number of hydrogen-bond acceptors (Lipinski definition) is 5. The van der Waals surface area contributed by atoms with Crippen LogP contribution in [0.25, 0.3) is 0 Å². The summed E-state index contributed by atoms with van der Waals surface area (Å²) in [6, 6.07) is 7.95. The zero-order chi connectivity index (χ0) is 13.7. The molecular weight excluding hydrogens is 258 g/mol. The van der Waals surface area contributed by atoms with E-state index in [1.165, 1.54) is 4.90 Å². The summed E-state index contributed by atoms with van der Waals surface area (Å²) in [7, 11) is 0. The van der Waals surface area contributed by atoms with E-state index in [9.17, 15) is 0 Å². The van der Waals surface area contributed by atoms with Gasteiger partial charge in [0.2, 0.25) is 11.8 Å². The van der Waals surface area contributed by atoms with E-state index in [0.29, 0.717) is 11.8 Å². The molecule has 2 rings (SSSR count). The minimum atomic E-state index is 0.586. The number of aromatic nitrogens is 2. The molecule has 19 heavy (non-hydrogen) atoms. The van der Waals surface area contributed by atoms with Gasteiger partial charge in [-0.05, 0) is 44.4 Å². The summed E-state index contributed by atoms with van der Waals surface area (Å²) in [5.74, 6) is 1.95. The van der Waals surface area contributed by atoms with Crippen molar-refractivity contribution < 1.29 is 4.74 Å². The molecule has 100 valence electrons. The molecule has 0 aliphatic rings. The Labute approximate surface area is 117 Å². The number of nitrogens with zero attached hydrogens (tertiary/aromatic N) is 2. The summed E-state index contributed by atoms with van der Waals surface area (Å²) in [6.07, 6.45) is 3.81. The van der Waals surface area contributed by atoms with Crippen LogP contribution in [0.3, 0.4) is 0 Å². The maximum Gasteiger partial charge on any atom is 0.226 e. The van der Waals surface area contributed by atoms with Crippen molar-refractivity contribution >= 4 is 17.7 Å². The zero-order valence-electron chi connectivity index (χ0n) is 11.3. The van der Waals surface area contributed by atoms with Gasteiger partial charge in [0.05, 0.1) is 0 Å². The van der Waals surface area contributed by atoms with Crippen molar-refractivity contribution in [3.63, 3.8) is 0 Å². The molecule has 0 amide bonds. The lowest BCUT2D eigenvalue weighted by Crippen LogP contribution is -2.03. The SMILES string of the molecule is CCNc1ncc(C)c(Oc2ccc(SC)cc2)n1. The van der Waals surface area contributed by atoms with Crippen molar-refractivity contribution in [1.29, 1.82) is 0 Å². The van der Waals surface area contributed by atoms with Gasteiger partial charge in [-0.1, -0.05) is 0 Å². The molecule has 1 heterocycles. The Morgan fingerprint density at radius 2 is 2.00 bits per heavy atom. The normalized spacial score (nSPS) is 10.3. The first-order chi connectivity index (χ1) is 9.22. The van der Waals surface area contributed by atoms with E-state index >= 15 is 0 Å². The van der Waals surface area contributed by atoms with Gasteiger partial charge in [-0.25, -0.2) is 4.98 Å². The molecule has 0 atom stereocenters. The smallest absolute Gasteiger partial charge is 0.226 e. The van der Waals surface area contributed by atoms with Crippen molar-refractivity contribution in [3.05, 3.63) is 36.0 Å². The van der Waals surface area contributed by atoms with Gasteiger partial charge in [-0.15, -0.1) is 11.8 Å². The van der Waals surface area contributed by atoms with E-state index in [1.807, 2.05) is 44.4 Å². The third kappa shape index (κ3) is 3.61. The Kier molecular flexibility index (Phi) is 4.63. The van der Waals surface area contributed by atoms with Crippen LogP contribution in [-0.4, -0.2) is 22.8 Å². The molecular formula is C14H17N3OS. The number of benzene rings is 1. The quantitative estimate of drug-likeness (QED) is 0.842. The Hall–Kier alpha value is -1.75. The third-order valence-corrected chi connectivity index (χ3v) is 3.28. The highest BCUT2D eigenvalue weighted by Gasteiger charge is 2.06. The minimum Gasteiger partial charge on any atom is -0.439 e. The molecule has 5 heteroatoms. The van der Waals surface area contributed by atoms with Gasteiger partial charge in [0.1, 0.15) is 5.75 Å². The number of nitrogens with one attached hydrogen (secondary N) is 1. The number of thioether (sulfide) groups is 1. The summed E-state index contributed by atoms with van der Waals surface area (Å²) in [5, 5.41) is 3.07. The molecule has 1 aromatic carbocycles. The van der Waals surface area contributed by atoms with Crippen molar-refractivity contribution in [3.8, 4) is 11.6 Å². The second-order valence-electron chi connectivity index (χ2n) is 3.99. The van der Waals surface area contributed by atoms with Crippen molar-refractivity contribution in [1.82, 2.24) is 9.97 Å². The lowest BCUT2D eigenvalue weighted by molar-refractivity contribution is 0.458. The van der Waals surface area contributed by atoms with Crippen LogP contribution in [-0.2, 0) is 0 Å². The molecule has 0 unspecified atom stereocenters. The number of anilines is 1. The first-order valence-corrected chi connectivity index (χ1v) is 7.35. The number of rotatable bonds is 5. The summed E-state index contributed by atoms with van der Waals surface area (Å²) in [4.78, 5) is 9.75. The molecule has 0 spiro atoms. The Morgan fingerprint density at radius 1 is 1.26 bits per heavy atom. The van der Waals surface area contributed by atoms with Crippen molar-refractivity contribution in [2.75, 3.05) is 18.1 Å². The van der Waals surface area contributed by atoms with E-state index < -0.39 is 0 Å². The van der Waals surface area contributed by atoms with E-state index in [-0.39, 0.29) is 0 Å².